The maximum absolute atomic E-state index is 5.30. The normalized spacial score (nSPS) is 32.3. The first-order valence-corrected chi connectivity index (χ1v) is 9.15. The summed E-state index contributed by atoms with van der Waals surface area (Å²) in [6, 6.07) is 6.00. The smallest absolute Gasteiger partial charge is 0.174 e. The minimum atomic E-state index is -0.0912. The maximum Gasteiger partial charge on any atom is 0.174 e. The molecule has 0 amide bonds. The summed E-state index contributed by atoms with van der Waals surface area (Å²) >= 11 is 1.67. The second-order valence-corrected chi connectivity index (χ2v) is 7.94. The largest absolute Gasteiger partial charge is 0.497 e. The molecule has 5 nitrogen and oxygen atoms in total. The quantitative estimate of drug-likeness (QED) is 0.889. The molecule has 1 aromatic heterocycles. The number of hydrogen-bond acceptors (Lipinski definition) is 6. The average molecular weight is 328 g/mol. The van der Waals surface area contributed by atoms with Crippen LogP contribution in [-0.2, 0) is 0 Å². The van der Waals surface area contributed by atoms with Gasteiger partial charge in [-0.3, -0.25) is 0 Å². The number of methoxy groups -OCH3 is 1. The summed E-state index contributed by atoms with van der Waals surface area (Å²) in [6.45, 7) is 0. The van der Waals surface area contributed by atoms with Gasteiger partial charge in [0.2, 0.25) is 0 Å². The van der Waals surface area contributed by atoms with Gasteiger partial charge in [0.15, 0.2) is 10.8 Å². The first-order chi connectivity index (χ1) is 11.3. The summed E-state index contributed by atoms with van der Waals surface area (Å²) < 4.78 is 6.44. The molecular weight excluding hydrogens is 308 g/mol. The first kappa shape index (κ1) is 13.7. The summed E-state index contributed by atoms with van der Waals surface area (Å²) in [7, 11) is 1.69. The molecule has 120 valence electrons. The Balaban J connectivity index is 1.51. The van der Waals surface area contributed by atoms with E-state index in [4.69, 9.17) is 14.7 Å². The fourth-order valence-electron chi connectivity index (χ4n) is 4.40. The first-order valence-electron chi connectivity index (χ1n) is 8.34. The Kier molecular flexibility index (Phi) is 2.94. The van der Waals surface area contributed by atoms with Crippen molar-refractivity contribution in [2.24, 2.45) is 16.8 Å². The van der Waals surface area contributed by atoms with Gasteiger partial charge in [-0.05, 0) is 62.1 Å². The van der Waals surface area contributed by atoms with E-state index in [1.165, 1.54) is 25.7 Å². The van der Waals surface area contributed by atoms with Gasteiger partial charge in [-0.25, -0.2) is 15.4 Å². The van der Waals surface area contributed by atoms with E-state index >= 15 is 0 Å². The molecule has 1 spiro atoms. The Morgan fingerprint density at radius 1 is 1.26 bits per heavy atom. The number of amidine groups is 1. The van der Waals surface area contributed by atoms with Gasteiger partial charge in [0.05, 0.1) is 17.3 Å². The maximum atomic E-state index is 5.30. The number of nitrogens with zero attached hydrogens (tertiary/aromatic N) is 2. The Bertz CT molecular complexity index is 793. The molecule has 6 rings (SSSR count). The van der Waals surface area contributed by atoms with Gasteiger partial charge in [0, 0.05) is 0 Å². The average Bonchev–Trinajstić information content (AvgIpc) is 3.19. The molecule has 2 bridgehead atoms. The molecular formula is C17H20N4OS. The molecule has 0 unspecified atom stereocenters. The predicted molar refractivity (Wildman–Crippen MR) is 91.8 cm³/mol. The van der Waals surface area contributed by atoms with E-state index in [1.54, 1.807) is 18.4 Å². The van der Waals surface area contributed by atoms with E-state index in [0.717, 1.165) is 39.1 Å². The zero-order valence-corrected chi connectivity index (χ0v) is 13.9. The van der Waals surface area contributed by atoms with Crippen LogP contribution in [0, 0.1) is 11.8 Å². The number of fused-ring (bicyclic) bond motifs is 3. The molecule has 23 heavy (non-hydrogen) atoms. The highest BCUT2D eigenvalue weighted by Crippen LogP contribution is 2.49. The SMILES string of the molecule is COc1ccc2nc(C3=N[C@]4(CC5CCC4CC5)NN3)sc2c1. The summed E-state index contributed by atoms with van der Waals surface area (Å²) in [4.78, 5) is 9.82. The van der Waals surface area contributed by atoms with Crippen LogP contribution in [0.1, 0.15) is 37.1 Å². The summed E-state index contributed by atoms with van der Waals surface area (Å²) in [5, 5.41) is 0.957. The molecule has 1 atom stereocenters. The summed E-state index contributed by atoms with van der Waals surface area (Å²) in [5.41, 5.74) is 7.74. The zero-order valence-electron chi connectivity index (χ0n) is 13.1. The molecule has 1 aliphatic heterocycles. The van der Waals surface area contributed by atoms with Crippen molar-refractivity contribution in [1.29, 1.82) is 0 Å². The predicted octanol–water partition coefficient (Wildman–Crippen LogP) is 3.07. The fourth-order valence-corrected chi connectivity index (χ4v) is 5.34. The van der Waals surface area contributed by atoms with Crippen molar-refractivity contribution in [3.63, 3.8) is 0 Å². The minimum absolute atomic E-state index is 0.0912. The monoisotopic (exact) mass is 328 g/mol. The van der Waals surface area contributed by atoms with Crippen LogP contribution in [0.25, 0.3) is 10.2 Å². The number of aromatic nitrogens is 1. The van der Waals surface area contributed by atoms with E-state index in [2.05, 4.69) is 10.9 Å². The van der Waals surface area contributed by atoms with Crippen molar-refractivity contribution in [2.75, 3.05) is 7.11 Å². The standard InChI is InChI=1S/C17H20N4OS/c1-22-12-6-7-13-14(8-12)23-16(18-13)15-19-17(21-20-15)9-10-2-4-11(17)5-3-10/h6-8,10-11,21H,2-5,9H2,1H3,(H,19,20)/t10?,11?,17-/m1/s1. The van der Waals surface area contributed by atoms with Crippen LogP contribution >= 0.6 is 11.3 Å². The van der Waals surface area contributed by atoms with Gasteiger partial charge < -0.3 is 10.2 Å². The molecule has 0 saturated heterocycles. The van der Waals surface area contributed by atoms with Crippen molar-refractivity contribution < 1.29 is 4.74 Å². The van der Waals surface area contributed by atoms with E-state index < -0.39 is 0 Å². The molecule has 6 heteroatoms. The lowest BCUT2D eigenvalue weighted by molar-refractivity contribution is 0.0506. The van der Waals surface area contributed by atoms with Crippen molar-refractivity contribution in [3.8, 4) is 5.75 Å². The van der Waals surface area contributed by atoms with E-state index in [1.807, 2.05) is 18.2 Å². The van der Waals surface area contributed by atoms with Gasteiger partial charge in [-0.1, -0.05) is 0 Å². The minimum Gasteiger partial charge on any atom is -0.497 e. The summed E-state index contributed by atoms with van der Waals surface area (Å²) in [5.74, 6) is 3.26. The van der Waals surface area contributed by atoms with E-state index in [9.17, 15) is 0 Å². The lowest BCUT2D eigenvalue weighted by Crippen LogP contribution is -2.56. The lowest BCUT2D eigenvalue weighted by atomic mass is 9.65. The third-order valence-electron chi connectivity index (χ3n) is 5.63. The Labute approximate surface area is 139 Å². The van der Waals surface area contributed by atoms with Crippen LogP contribution in [0.5, 0.6) is 5.75 Å². The number of nitrogens with one attached hydrogen (secondary N) is 2. The van der Waals surface area contributed by atoms with Crippen LogP contribution in [0.15, 0.2) is 23.2 Å². The zero-order chi connectivity index (χ0) is 15.4. The molecule has 2 aromatic rings. The number of hydrazine groups is 1. The highest BCUT2D eigenvalue weighted by Gasteiger charge is 2.50. The van der Waals surface area contributed by atoms with Crippen LogP contribution in [0.3, 0.4) is 0 Å². The van der Waals surface area contributed by atoms with E-state index in [-0.39, 0.29) is 5.66 Å². The molecule has 3 fully saturated rings. The molecule has 3 saturated carbocycles. The van der Waals surface area contributed by atoms with Gasteiger partial charge in [0.1, 0.15) is 11.4 Å². The van der Waals surface area contributed by atoms with Crippen LogP contribution in [0.4, 0.5) is 0 Å². The molecule has 2 N–H and O–H groups in total. The van der Waals surface area contributed by atoms with Crippen molar-refractivity contribution in [2.45, 2.75) is 37.8 Å². The highest BCUT2D eigenvalue weighted by molar-refractivity contribution is 7.20. The lowest BCUT2D eigenvalue weighted by Gasteiger charge is -2.47. The Morgan fingerprint density at radius 3 is 2.87 bits per heavy atom. The number of hydrogen-bond donors (Lipinski definition) is 2. The Morgan fingerprint density at radius 2 is 2.13 bits per heavy atom. The van der Waals surface area contributed by atoms with Gasteiger partial charge in [-0.2, -0.15) is 0 Å². The van der Waals surface area contributed by atoms with Crippen LogP contribution in [-0.4, -0.2) is 23.6 Å². The van der Waals surface area contributed by atoms with E-state index in [0.29, 0.717) is 5.92 Å². The molecule has 4 aliphatic rings. The second kappa shape index (κ2) is 4.92. The van der Waals surface area contributed by atoms with Gasteiger partial charge in [0.25, 0.3) is 0 Å². The third-order valence-corrected chi connectivity index (χ3v) is 6.65. The fraction of sp³-hybridized carbons (Fsp3) is 0.529. The van der Waals surface area contributed by atoms with Crippen molar-refractivity contribution in [3.05, 3.63) is 23.2 Å². The molecule has 1 aromatic carbocycles. The van der Waals surface area contributed by atoms with Crippen LogP contribution < -0.4 is 15.6 Å². The third kappa shape index (κ3) is 2.08. The molecule has 3 aliphatic carbocycles. The van der Waals surface area contributed by atoms with Crippen LogP contribution in [0.2, 0.25) is 0 Å². The topological polar surface area (TPSA) is 58.5 Å². The second-order valence-electron chi connectivity index (χ2n) is 6.91. The number of rotatable bonds is 2. The molecule has 0 radical (unpaired) electrons. The van der Waals surface area contributed by atoms with Gasteiger partial charge >= 0.3 is 0 Å². The number of thiazole rings is 1. The van der Waals surface area contributed by atoms with Crippen molar-refractivity contribution >= 4 is 27.4 Å². The van der Waals surface area contributed by atoms with Crippen molar-refractivity contribution in [1.82, 2.24) is 15.8 Å². The number of benzene rings is 1. The number of aliphatic imine (C=N–C) groups is 1. The highest BCUT2D eigenvalue weighted by atomic mass is 32.1. The molecule has 2 heterocycles. The van der Waals surface area contributed by atoms with Gasteiger partial charge in [-0.15, -0.1) is 11.3 Å². The Hall–Kier alpha value is -1.66. The summed E-state index contributed by atoms with van der Waals surface area (Å²) in [6.07, 6.45) is 6.51. The number of ether oxygens (including phenoxy) is 1.